The first kappa shape index (κ1) is 17.5. The van der Waals surface area contributed by atoms with Gasteiger partial charge in [-0.05, 0) is 43.4 Å². The zero-order valence-corrected chi connectivity index (χ0v) is 14.1. The Hall–Kier alpha value is -1.89. The van der Waals surface area contributed by atoms with Crippen molar-refractivity contribution in [3.8, 4) is 0 Å². The molecule has 0 aromatic heterocycles. The van der Waals surface area contributed by atoms with Crippen LogP contribution in [-0.4, -0.2) is 37.2 Å². The number of hydrogen-bond donors (Lipinski definition) is 2. The van der Waals surface area contributed by atoms with Gasteiger partial charge in [-0.3, -0.25) is 9.59 Å². The Morgan fingerprint density at radius 2 is 1.96 bits per heavy atom. The molecule has 7 heteroatoms. The van der Waals surface area contributed by atoms with Crippen LogP contribution in [0.2, 0.25) is 0 Å². The molecule has 6 nitrogen and oxygen atoms in total. The minimum absolute atomic E-state index is 0.120. The molecule has 1 saturated carbocycles. The van der Waals surface area contributed by atoms with E-state index in [-0.39, 0.29) is 16.9 Å². The van der Waals surface area contributed by atoms with Gasteiger partial charge in [-0.25, -0.2) is 8.42 Å². The second-order valence-electron chi connectivity index (χ2n) is 6.11. The fourth-order valence-corrected chi connectivity index (χ4v) is 3.91. The second-order valence-corrected chi connectivity index (χ2v) is 8.09. The van der Waals surface area contributed by atoms with Crippen molar-refractivity contribution in [3.05, 3.63) is 29.3 Å². The van der Waals surface area contributed by atoms with Crippen LogP contribution in [-0.2, 0) is 21.1 Å². The van der Waals surface area contributed by atoms with Crippen LogP contribution in [0.4, 0.5) is 0 Å². The Morgan fingerprint density at radius 1 is 1.30 bits per heavy atom. The number of sulfone groups is 1. The summed E-state index contributed by atoms with van der Waals surface area (Å²) in [5.74, 6) is -1.39. The number of hydrogen-bond acceptors (Lipinski definition) is 4. The Balaban J connectivity index is 2.28. The van der Waals surface area contributed by atoms with E-state index in [9.17, 15) is 18.0 Å². The lowest BCUT2D eigenvalue weighted by Gasteiger charge is -2.41. The number of carboxylic acid groups (broad SMARTS) is 1. The third kappa shape index (κ3) is 3.90. The van der Waals surface area contributed by atoms with Crippen LogP contribution < -0.4 is 5.32 Å². The molecule has 1 aromatic carbocycles. The summed E-state index contributed by atoms with van der Waals surface area (Å²) in [6, 6.07) is 4.59. The summed E-state index contributed by atoms with van der Waals surface area (Å²) < 4.78 is 23.8. The van der Waals surface area contributed by atoms with Gasteiger partial charge in [0.15, 0.2) is 9.84 Å². The second kappa shape index (κ2) is 6.31. The topological polar surface area (TPSA) is 101 Å². The lowest BCUT2D eigenvalue weighted by Crippen LogP contribution is -2.54. The highest BCUT2D eigenvalue weighted by Crippen LogP contribution is 2.35. The minimum atomic E-state index is -3.43. The third-order valence-corrected chi connectivity index (χ3v) is 5.47. The van der Waals surface area contributed by atoms with Crippen molar-refractivity contribution in [2.24, 2.45) is 0 Å². The number of carboxylic acids is 1. The van der Waals surface area contributed by atoms with Gasteiger partial charge in [0.1, 0.15) is 0 Å². The van der Waals surface area contributed by atoms with E-state index in [0.29, 0.717) is 24.8 Å². The molecule has 0 heterocycles. The molecule has 0 aliphatic heterocycles. The molecule has 0 radical (unpaired) electrons. The SMILES string of the molecule is CCc1ccc(C(=O)NC2(CC(=O)O)CCC2)cc1S(C)(=O)=O. The molecule has 1 aromatic rings. The molecule has 0 saturated heterocycles. The summed E-state index contributed by atoms with van der Waals surface area (Å²) in [5, 5.41) is 11.8. The van der Waals surface area contributed by atoms with Crippen molar-refractivity contribution in [3.63, 3.8) is 0 Å². The van der Waals surface area contributed by atoms with Crippen LogP contribution in [0.25, 0.3) is 0 Å². The van der Waals surface area contributed by atoms with Gasteiger partial charge in [0, 0.05) is 11.8 Å². The van der Waals surface area contributed by atoms with Gasteiger partial charge in [-0.15, -0.1) is 0 Å². The Labute approximate surface area is 135 Å². The summed E-state index contributed by atoms with van der Waals surface area (Å²) in [4.78, 5) is 23.5. The van der Waals surface area contributed by atoms with E-state index < -0.39 is 27.3 Å². The third-order valence-electron chi connectivity index (χ3n) is 4.29. The highest BCUT2D eigenvalue weighted by atomic mass is 32.2. The maximum Gasteiger partial charge on any atom is 0.305 e. The lowest BCUT2D eigenvalue weighted by molar-refractivity contribution is -0.139. The predicted molar refractivity (Wildman–Crippen MR) is 85.2 cm³/mol. The molecule has 1 aliphatic carbocycles. The Bertz CT molecular complexity index is 735. The average molecular weight is 339 g/mol. The summed E-state index contributed by atoms with van der Waals surface area (Å²) in [6.07, 6.45) is 3.66. The molecule has 0 spiro atoms. The molecule has 126 valence electrons. The zero-order valence-electron chi connectivity index (χ0n) is 13.3. The number of carbonyl (C=O) groups is 2. The van der Waals surface area contributed by atoms with Crippen LogP contribution in [0.5, 0.6) is 0 Å². The quantitative estimate of drug-likeness (QED) is 0.823. The van der Waals surface area contributed by atoms with E-state index in [1.54, 1.807) is 12.1 Å². The van der Waals surface area contributed by atoms with E-state index in [2.05, 4.69) is 5.32 Å². The largest absolute Gasteiger partial charge is 0.481 e. The molecule has 0 unspecified atom stereocenters. The van der Waals surface area contributed by atoms with Crippen LogP contribution in [0.15, 0.2) is 23.1 Å². The molecule has 2 rings (SSSR count). The smallest absolute Gasteiger partial charge is 0.305 e. The monoisotopic (exact) mass is 339 g/mol. The van der Waals surface area contributed by atoms with Crippen molar-refractivity contribution in [2.45, 2.75) is 49.5 Å². The number of benzene rings is 1. The number of carbonyl (C=O) groups excluding carboxylic acids is 1. The first-order chi connectivity index (χ1) is 10.7. The normalized spacial score (nSPS) is 16.4. The molecule has 2 N–H and O–H groups in total. The minimum Gasteiger partial charge on any atom is -0.481 e. The summed E-state index contributed by atoms with van der Waals surface area (Å²) >= 11 is 0. The van der Waals surface area contributed by atoms with Gasteiger partial charge in [0.05, 0.1) is 16.9 Å². The number of amides is 1. The van der Waals surface area contributed by atoms with Crippen molar-refractivity contribution >= 4 is 21.7 Å². The fourth-order valence-electron chi connectivity index (χ4n) is 2.89. The van der Waals surface area contributed by atoms with Gasteiger partial charge in [0.25, 0.3) is 5.91 Å². The van der Waals surface area contributed by atoms with Crippen molar-refractivity contribution < 1.29 is 23.1 Å². The predicted octanol–water partition coefficient (Wildman–Crippen LogP) is 1.78. The molecule has 23 heavy (non-hydrogen) atoms. The van der Waals surface area contributed by atoms with Crippen molar-refractivity contribution in [1.29, 1.82) is 0 Å². The van der Waals surface area contributed by atoms with E-state index in [1.807, 2.05) is 6.92 Å². The molecule has 1 aliphatic rings. The van der Waals surface area contributed by atoms with Crippen molar-refractivity contribution in [2.75, 3.05) is 6.26 Å². The molecule has 0 bridgehead atoms. The fraction of sp³-hybridized carbons (Fsp3) is 0.500. The van der Waals surface area contributed by atoms with E-state index in [4.69, 9.17) is 5.11 Å². The summed E-state index contributed by atoms with van der Waals surface area (Å²) in [5.41, 5.74) is 0.185. The first-order valence-electron chi connectivity index (χ1n) is 7.54. The van der Waals surface area contributed by atoms with Gasteiger partial charge >= 0.3 is 5.97 Å². The van der Waals surface area contributed by atoms with Gasteiger partial charge in [-0.1, -0.05) is 13.0 Å². The van der Waals surface area contributed by atoms with Crippen molar-refractivity contribution in [1.82, 2.24) is 5.32 Å². The van der Waals surface area contributed by atoms with E-state index in [0.717, 1.165) is 12.7 Å². The molecular formula is C16H21NO5S. The number of nitrogens with one attached hydrogen (secondary N) is 1. The van der Waals surface area contributed by atoms with Crippen LogP contribution in [0.1, 0.15) is 48.5 Å². The van der Waals surface area contributed by atoms with Gasteiger partial charge in [0.2, 0.25) is 0 Å². The van der Waals surface area contributed by atoms with Crippen LogP contribution in [0.3, 0.4) is 0 Å². The van der Waals surface area contributed by atoms with Gasteiger partial charge < -0.3 is 10.4 Å². The van der Waals surface area contributed by atoms with Gasteiger partial charge in [-0.2, -0.15) is 0 Å². The lowest BCUT2D eigenvalue weighted by atomic mass is 9.74. The number of aliphatic carboxylic acids is 1. The Morgan fingerprint density at radius 3 is 2.39 bits per heavy atom. The van der Waals surface area contributed by atoms with E-state index >= 15 is 0 Å². The van der Waals surface area contributed by atoms with Crippen LogP contribution in [0, 0.1) is 0 Å². The first-order valence-corrected chi connectivity index (χ1v) is 9.43. The maximum absolute atomic E-state index is 12.4. The number of aryl methyl sites for hydroxylation is 1. The molecular weight excluding hydrogens is 318 g/mol. The molecule has 0 atom stereocenters. The maximum atomic E-state index is 12.4. The van der Waals surface area contributed by atoms with E-state index in [1.165, 1.54) is 6.07 Å². The summed E-state index contributed by atoms with van der Waals surface area (Å²) in [7, 11) is -3.43. The number of rotatable bonds is 6. The standard InChI is InChI=1S/C16H21NO5S/c1-3-11-5-6-12(9-13(11)23(2,21)22)15(20)17-16(7-4-8-16)10-14(18)19/h5-6,9H,3-4,7-8,10H2,1-2H3,(H,17,20)(H,18,19). The average Bonchev–Trinajstić information content (AvgIpc) is 2.42. The zero-order chi connectivity index (χ0) is 17.3. The highest BCUT2D eigenvalue weighted by molar-refractivity contribution is 7.90. The van der Waals surface area contributed by atoms with Crippen LogP contribution >= 0.6 is 0 Å². The molecule has 1 fully saturated rings. The highest BCUT2D eigenvalue weighted by Gasteiger charge is 2.40. The molecule has 1 amide bonds. The Kier molecular flexibility index (Phi) is 4.79. The summed E-state index contributed by atoms with van der Waals surface area (Å²) in [6.45, 7) is 1.85.